The van der Waals surface area contributed by atoms with Gasteiger partial charge in [-0.25, -0.2) is 0 Å². The van der Waals surface area contributed by atoms with Gasteiger partial charge in [0.15, 0.2) is 5.42 Å². The molecule has 43 heavy (non-hydrogen) atoms. The molecule has 0 radical (unpaired) electrons. The van der Waals surface area contributed by atoms with Crippen LogP contribution in [0.3, 0.4) is 0 Å². The second kappa shape index (κ2) is 13.0. The lowest BCUT2D eigenvalue weighted by molar-refractivity contribution is -0.140. The monoisotopic (exact) mass is 671 g/mol. The Morgan fingerprint density at radius 2 is 1.79 bits per heavy atom. The molecule has 3 N–H and O–H groups in total. The van der Waals surface area contributed by atoms with Gasteiger partial charge in [0.25, 0.3) is 21.6 Å². The molecular formula is C25H25N3O11S4. The molecule has 1 aromatic heterocycles. The van der Waals surface area contributed by atoms with Crippen LogP contribution in [0.5, 0.6) is 5.75 Å². The number of fused-ring (bicyclic) bond motifs is 1. The van der Waals surface area contributed by atoms with E-state index in [4.69, 9.17) is 31.0 Å². The van der Waals surface area contributed by atoms with Gasteiger partial charge in [-0.15, -0.1) is 0 Å². The molecule has 14 nitrogen and oxygen atoms in total. The number of hydrogen-bond acceptors (Lipinski definition) is 12. The van der Waals surface area contributed by atoms with Gasteiger partial charge in [0.1, 0.15) is 28.1 Å². The number of carboxylic acid groups (broad SMARTS) is 2. The first kappa shape index (κ1) is 32.3. The van der Waals surface area contributed by atoms with Crippen LogP contribution in [0.15, 0.2) is 42.9 Å². The van der Waals surface area contributed by atoms with Crippen LogP contribution in [0.2, 0.25) is 0 Å². The number of nitrogens with zero attached hydrogens (tertiary/aromatic N) is 3. The molecule has 1 saturated heterocycles. The predicted molar refractivity (Wildman–Crippen MR) is 162 cm³/mol. The number of ether oxygens (including phenoxy) is 1. The molecule has 0 saturated carbocycles. The number of allylic oxidation sites excluding steroid dienone is 1. The fourth-order valence-corrected chi connectivity index (χ4v) is 7.26. The average Bonchev–Trinajstić information content (AvgIpc) is 3.52. The van der Waals surface area contributed by atoms with E-state index in [1.807, 2.05) is 17.0 Å². The van der Waals surface area contributed by atoms with Crippen LogP contribution < -0.4 is 26.2 Å². The Kier molecular flexibility index (Phi) is 9.75. The van der Waals surface area contributed by atoms with E-state index in [1.165, 1.54) is 24.9 Å². The summed E-state index contributed by atoms with van der Waals surface area (Å²) in [5.74, 6) is -3.34. The van der Waals surface area contributed by atoms with Crippen molar-refractivity contribution in [3.8, 4) is 5.75 Å². The fraction of sp³-hybridized carbons (Fsp3) is 0.320. The third-order valence-electron chi connectivity index (χ3n) is 6.17. The summed E-state index contributed by atoms with van der Waals surface area (Å²) in [6.07, 6.45) is 2.00. The Morgan fingerprint density at radius 3 is 2.42 bits per heavy atom. The largest absolute Gasteiger partial charge is 0.497 e. The summed E-state index contributed by atoms with van der Waals surface area (Å²) in [4.78, 5) is 52.4. The highest BCUT2D eigenvalue weighted by Crippen LogP contribution is 2.48. The number of carbonyl (C=O) groups excluding carboxylic acids is 1. The van der Waals surface area contributed by atoms with Crippen molar-refractivity contribution in [2.45, 2.75) is 31.2 Å². The van der Waals surface area contributed by atoms with Crippen LogP contribution in [0, 0.1) is 0 Å². The zero-order valence-corrected chi connectivity index (χ0v) is 25.9. The van der Waals surface area contributed by atoms with Gasteiger partial charge in [-0.3, -0.25) is 33.2 Å². The SMILES string of the molecule is COc1ccc2c(c1)N(CCCCS(=O)(=O)O)C(=C(C)C=c1oc(=C3SC(=S)N(CC(=O)O)C3=O)n(CC(=O)O)c1=O)S2. The number of anilines is 1. The second-order valence-electron chi connectivity index (χ2n) is 9.25. The molecule has 230 valence electrons. The zero-order valence-electron chi connectivity index (χ0n) is 22.6. The lowest BCUT2D eigenvalue weighted by atomic mass is 10.2. The highest BCUT2D eigenvalue weighted by molar-refractivity contribution is 8.30. The van der Waals surface area contributed by atoms with Crippen molar-refractivity contribution in [2.75, 3.05) is 30.9 Å². The average molecular weight is 672 g/mol. The van der Waals surface area contributed by atoms with Gasteiger partial charge in [0.2, 0.25) is 5.55 Å². The Hall–Kier alpha value is -3.58. The van der Waals surface area contributed by atoms with E-state index in [1.54, 1.807) is 13.0 Å². The summed E-state index contributed by atoms with van der Waals surface area (Å²) in [5.41, 5.74) is -0.157. The number of aromatic nitrogens is 1. The van der Waals surface area contributed by atoms with Gasteiger partial charge < -0.3 is 24.3 Å². The third-order valence-corrected chi connectivity index (χ3v) is 9.69. The number of thiocarbonyl (C=S) groups is 1. The van der Waals surface area contributed by atoms with E-state index >= 15 is 0 Å². The van der Waals surface area contributed by atoms with Crippen molar-refractivity contribution < 1.29 is 46.7 Å². The molecule has 2 aromatic rings. The maximum absolute atomic E-state index is 13.3. The van der Waals surface area contributed by atoms with Crippen LogP contribution in [0.1, 0.15) is 19.8 Å². The number of unbranched alkanes of at least 4 members (excludes halogenated alkanes) is 1. The van der Waals surface area contributed by atoms with E-state index in [0.717, 1.165) is 20.0 Å². The first-order chi connectivity index (χ1) is 20.2. The molecule has 2 aliphatic heterocycles. The minimum absolute atomic E-state index is 0.0860. The topological polar surface area (TPSA) is 197 Å². The number of rotatable bonds is 11. The van der Waals surface area contributed by atoms with E-state index < -0.39 is 52.4 Å². The van der Waals surface area contributed by atoms with Crippen LogP contribution in [0.25, 0.3) is 11.0 Å². The zero-order chi connectivity index (χ0) is 31.6. The number of benzene rings is 1. The number of hydrogen-bond donors (Lipinski definition) is 3. The standard InChI is InChI=1S/C25H25N3O11S4/c1-13(24-26(7-3-4-8-43(35,36)37)15-10-14(38-2)5-6-17(15)41-24)9-16-21(33)27(11-18(29)30)23(39-16)20-22(34)28(12-19(31)32)25(40)42-20/h5-6,9-10H,3-4,7-8,11-12H2,1-2H3,(H,29,30)(H,31,32)(H,35,36,37). The number of amides is 1. The number of aliphatic carboxylic acids is 2. The maximum atomic E-state index is 13.3. The summed E-state index contributed by atoms with van der Waals surface area (Å²) in [7, 11) is -2.60. The molecule has 0 spiro atoms. The van der Waals surface area contributed by atoms with Gasteiger partial charge in [-0.05, 0) is 55.3 Å². The Bertz CT molecular complexity index is 1840. The molecule has 2 aliphatic rings. The number of carboxylic acids is 2. The smallest absolute Gasteiger partial charge is 0.323 e. The summed E-state index contributed by atoms with van der Waals surface area (Å²) in [6.45, 7) is 0.511. The normalized spacial score (nSPS) is 18.0. The van der Waals surface area contributed by atoms with E-state index in [0.29, 0.717) is 41.1 Å². The number of oxazole rings is 1. The highest BCUT2D eigenvalue weighted by atomic mass is 32.2. The van der Waals surface area contributed by atoms with Gasteiger partial charge >= 0.3 is 11.9 Å². The van der Waals surface area contributed by atoms with E-state index in [9.17, 15) is 32.7 Å². The molecule has 1 amide bonds. The summed E-state index contributed by atoms with van der Waals surface area (Å²) >= 11 is 7.19. The van der Waals surface area contributed by atoms with Crippen molar-refractivity contribution in [1.29, 1.82) is 0 Å². The van der Waals surface area contributed by atoms with Gasteiger partial charge in [-0.2, -0.15) is 8.42 Å². The highest BCUT2D eigenvalue weighted by Gasteiger charge is 2.36. The second-order valence-corrected chi connectivity index (χ2v) is 13.5. The number of methoxy groups -OCH3 is 1. The fourth-order valence-electron chi connectivity index (χ4n) is 4.28. The van der Waals surface area contributed by atoms with Gasteiger partial charge in [0, 0.05) is 17.5 Å². The van der Waals surface area contributed by atoms with E-state index in [2.05, 4.69) is 0 Å². The van der Waals surface area contributed by atoms with Crippen molar-refractivity contribution in [1.82, 2.24) is 9.47 Å². The van der Waals surface area contributed by atoms with Crippen LogP contribution in [0.4, 0.5) is 5.69 Å². The first-order valence-corrected chi connectivity index (χ1v) is 16.1. The lowest BCUT2D eigenvalue weighted by Gasteiger charge is -2.22. The minimum Gasteiger partial charge on any atom is -0.497 e. The molecule has 0 unspecified atom stereocenters. The van der Waals surface area contributed by atoms with Crippen molar-refractivity contribution in [3.05, 3.63) is 50.1 Å². The van der Waals surface area contributed by atoms with Crippen LogP contribution in [-0.2, 0) is 31.0 Å². The molecule has 0 atom stereocenters. The Morgan fingerprint density at radius 1 is 1.09 bits per heavy atom. The summed E-state index contributed by atoms with van der Waals surface area (Å²) < 4.78 is 43.2. The quantitative estimate of drug-likeness (QED) is 0.173. The lowest BCUT2D eigenvalue weighted by Crippen LogP contribution is -2.36. The molecule has 0 aliphatic carbocycles. The number of thioether (sulfide) groups is 2. The third kappa shape index (κ3) is 7.32. The molecule has 1 aromatic carbocycles. The van der Waals surface area contributed by atoms with Crippen LogP contribution in [-0.4, -0.2) is 80.8 Å². The predicted octanol–water partition coefficient (Wildman–Crippen LogP) is 0.880. The molecule has 18 heteroatoms. The molecule has 4 rings (SSSR count). The maximum Gasteiger partial charge on any atom is 0.323 e. The summed E-state index contributed by atoms with van der Waals surface area (Å²) in [6, 6.07) is 5.43. The van der Waals surface area contributed by atoms with Crippen molar-refractivity contribution in [3.63, 3.8) is 0 Å². The number of carbonyl (C=O) groups is 3. The Labute approximate surface area is 258 Å². The van der Waals surface area contributed by atoms with Crippen molar-refractivity contribution >= 4 is 84.7 Å². The molecule has 3 heterocycles. The first-order valence-electron chi connectivity index (χ1n) is 12.4. The van der Waals surface area contributed by atoms with Crippen LogP contribution >= 0.6 is 35.7 Å². The van der Waals surface area contributed by atoms with Crippen molar-refractivity contribution in [2.24, 2.45) is 0 Å². The molecule has 1 fully saturated rings. The van der Waals surface area contributed by atoms with Gasteiger partial charge in [0.05, 0.1) is 23.6 Å². The Balaban J connectivity index is 1.82. The van der Waals surface area contributed by atoms with Gasteiger partial charge in [-0.1, -0.05) is 24.0 Å². The molecule has 0 bridgehead atoms. The van der Waals surface area contributed by atoms with E-state index in [-0.39, 0.29) is 26.6 Å². The summed E-state index contributed by atoms with van der Waals surface area (Å²) in [5, 5.41) is 19.2. The molecular weight excluding hydrogens is 647 g/mol. The minimum atomic E-state index is -4.12.